The Balaban J connectivity index is 1.29. The van der Waals surface area contributed by atoms with Gasteiger partial charge >= 0.3 is 0 Å². The van der Waals surface area contributed by atoms with Crippen molar-refractivity contribution in [1.82, 2.24) is 4.90 Å². The van der Waals surface area contributed by atoms with Gasteiger partial charge in [-0.05, 0) is 51.2 Å². The molecule has 3 fully saturated rings. The molecule has 3 aliphatic rings. The third-order valence-corrected chi connectivity index (χ3v) is 6.07. The van der Waals surface area contributed by atoms with E-state index in [1.54, 1.807) is 0 Å². The van der Waals surface area contributed by atoms with Crippen LogP contribution in [0.1, 0.15) is 47.2 Å². The van der Waals surface area contributed by atoms with E-state index in [0.717, 1.165) is 68.8 Å². The van der Waals surface area contributed by atoms with Crippen LogP contribution < -0.4 is 0 Å². The van der Waals surface area contributed by atoms with Crippen molar-refractivity contribution in [2.24, 2.45) is 5.92 Å². The molecule has 0 aliphatic carbocycles. The normalized spacial score (nSPS) is 25.4. The number of benzene rings is 1. The number of hydrogen-bond donors (Lipinski definition) is 0. The van der Waals surface area contributed by atoms with Crippen LogP contribution in [0.15, 0.2) is 18.2 Å². The second kappa shape index (κ2) is 7.90. The average molecular weight is 373 g/mol. The number of ether oxygens (including phenoxy) is 3. The predicted octanol–water partition coefficient (Wildman–Crippen LogP) is 3.12. The number of carbonyl (C=O) groups excluding carboxylic acids is 1. The number of likely N-dealkylation sites (tertiary alicyclic amines) is 1. The Hall–Kier alpha value is -1.43. The van der Waals surface area contributed by atoms with E-state index in [1.807, 2.05) is 30.9 Å². The summed E-state index contributed by atoms with van der Waals surface area (Å²) >= 11 is 0. The molecule has 1 aromatic rings. The largest absolute Gasteiger partial charge is 0.381 e. The molecular formula is C22H31NO4. The van der Waals surface area contributed by atoms with E-state index in [1.165, 1.54) is 0 Å². The molecule has 4 rings (SSSR count). The minimum Gasteiger partial charge on any atom is -0.381 e. The van der Waals surface area contributed by atoms with Crippen molar-refractivity contribution in [3.63, 3.8) is 0 Å². The van der Waals surface area contributed by atoms with Crippen LogP contribution in [0.2, 0.25) is 0 Å². The lowest BCUT2D eigenvalue weighted by atomic mass is 9.84. The van der Waals surface area contributed by atoms with Crippen LogP contribution in [0.5, 0.6) is 0 Å². The first kappa shape index (κ1) is 18.9. The van der Waals surface area contributed by atoms with Gasteiger partial charge in [-0.25, -0.2) is 0 Å². The highest BCUT2D eigenvalue weighted by atomic mass is 16.5. The highest BCUT2D eigenvalue weighted by Gasteiger charge is 2.49. The van der Waals surface area contributed by atoms with Gasteiger partial charge in [-0.3, -0.25) is 4.79 Å². The number of rotatable bonds is 4. The van der Waals surface area contributed by atoms with Gasteiger partial charge in [0.05, 0.1) is 19.2 Å². The van der Waals surface area contributed by atoms with Gasteiger partial charge in [-0.1, -0.05) is 17.2 Å². The van der Waals surface area contributed by atoms with Crippen LogP contribution in [0.3, 0.4) is 0 Å². The molecule has 3 saturated heterocycles. The maximum Gasteiger partial charge on any atom is 0.254 e. The lowest BCUT2D eigenvalue weighted by Gasteiger charge is -2.53. The average Bonchev–Trinajstić information content (AvgIpc) is 2.64. The number of nitrogens with zero attached hydrogens (tertiary/aromatic N) is 1. The molecule has 0 N–H and O–H groups in total. The first-order valence-corrected chi connectivity index (χ1v) is 10.2. The fourth-order valence-electron chi connectivity index (χ4n) is 4.60. The van der Waals surface area contributed by atoms with E-state index in [9.17, 15) is 4.79 Å². The summed E-state index contributed by atoms with van der Waals surface area (Å²) in [5.74, 6) is 0.739. The van der Waals surface area contributed by atoms with Crippen LogP contribution in [-0.4, -0.2) is 62.0 Å². The molecule has 1 spiro atoms. The second-order valence-electron chi connectivity index (χ2n) is 8.57. The van der Waals surface area contributed by atoms with Crippen molar-refractivity contribution in [2.75, 3.05) is 39.5 Å². The van der Waals surface area contributed by atoms with Crippen molar-refractivity contribution >= 4 is 5.91 Å². The van der Waals surface area contributed by atoms with Gasteiger partial charge in [0.25, 0.3) is 5.91 Å². The number of hydrogen-bond acceptors (Lipinski definition) is 4. The highest BCUT2D eigenvalue weighted by Crippen LogP contribution is 2.36. The molecule has 5 nitrogen and oxygen atoms in total. The second-order valence-corrected chi connectivity index (χ2v) is 8.57. The number of carbonyl (C=O) groups is 1. The van der Waals surface area contributed by atoms with Gasteiger partial charge in [0.15, 0.2) is 0 Å². The van der Waals surface area contributed by atoms with Crippen LogP contribution in [0.25, 0.3) is 0 Å². The van der Waals surface area contributed by atoms with Crippen molar-refractivity contribution < 1.29 is 19.0 Å². The Labute approximate surface area is 162 Å². The van der Waals surface area contributed by atoms with Gasteiger partial charge in [0, 0.05) is 38.4 Å². The van der Waals surface area contributed by atoms with Gasteiger partial charge < -0.3 is 19.1 Å². The Bertz CT molecular complexity index is 657. The summed E-state index contributed by atoms with van der Waals surface area (Å²) in [5, 5.41) is 0. The lowest BCUT2D eigenvalue weighted by Crippen LogP contribution is -2.67. The Morgan fingerprint density at radius 2 is 1.81 bits per heavy atom. The third-order valence-electron chi connectivity index (χ3n) is 6.07. The number of aryl methyl sites for hydroxylation is 2. The maximum absolute atomic E-state index is 12.8. The molecule has 5 heteroatoms. The predicted molar refractivity (Wildman–Crippen MR) is 103 cm³/mol. The topological polar surface area (TPSA) is 48.0 Å². The SMILES string of the molecule is Cc1cc(C)cc(C(=O)N2CC3(C[C@H](OCC4CCOCC4)CCO3)C2)c1. The molecule has 3 aliphatic heterocycles. The molecule has 0 aromatic heterocycles. The van der Waals surface area contributed by atoms with Crippen molar-refractivity contribution in [3.8, 4) is 0 Å². The summed E-state index contributed by atoms with van der Waals surface area (Å²) in [7, 11) is 0. The minimum atomic E-state index is -0.201. The van der Waals surface area contributed by atoms with Gasteiger partial charge in [0.2, 0.25) is 0 Å². The fourth-order valence-corrected chi connectivity index (χ4v) is 4.60. The minimum absolute atomic E-state index is 0.112. The standard InChI is InChI=1S/C22H31NO4/c1-16-9-17(2)11-19(10-16)21(24)23-14-22(15-23)12-20(5-8-27-22)26-13-18-3-6-25-7-4-18/h9-11,18,20H,3-8,12-15H2,1-2H3/t20-/m1/s1. The first-order chi connectivity index (χ1) is 13.0. The van der Waals surface area contributed by atoms with E-state index in [4.69, 9.17) is 14.2 Å². The van der Waals surface area contributed by atoms with E-state index in [-0.39, 0.29) is 17.6 Å². The molecule has 1 amide bonds. The van der Waals surface area contributed by atoms with E-state index in [0.29, 0.717) is 19.0 Å². The molecule has 148 valence electrons. The summed E-state index contributed by atoms with van der Waals surface area (Å²) in [5.41, 5.74) is 2.84. The summed E-state index contributed by atoms with van der Waals surface area (Å²) < 4.78 is 17.7. The van der Waals surface area contributed by atoms with Crippen LogP contribution in [-0.2, 0) is 14.2 Å². The first-order valence-electron chi connectivity index (χ1n) is 10.2. The maximum atomic E-state index is 12.8. The monoisotopic (exact) mass is 373 g/mol. The molecule has 1 atom stereocenters. The van der Waals surface area contributed by atoms with Crippen LogP contribution in [0.4, 0.5) is 0 Å². The lowest BCUT2D eigenvalue weighted by molar-refractivity contribution is -0.188. The Morgan fingerprint density at radius 3 is 2.52 bits per heavy atom. The summed E-state index contributed by atoms with van der Waals surface area (Å²) in [6.45, 7) is 8.70. The molecule has 27 heavy (non-hydrogen) atoms. The fraction of sp³-hybridized carbons (Fsp3) is 0.682. The molecule has 0 saturated carbocycles. The van der Waals surface area contributed by atoms with E-state index < -0.39 is 0 Å². The molecule has 1 aromatic carbocycles. The Morgan fingerprint density at radius 1 is 1.11 bits per heavy atom. The molecule has 0 bridgehead atoms. The van der Waals surface area contributed by atoms with Crippen molar-refractivity contribution in [1.29, 1.82) is 0 Å². The summed E-state index contributed by atoms with van der Waals surface area (Å²) in [4.78, 5) is 14.7. The van der Waals surface area contributed by atoms with E-state index in [2.05, 4.69) is 6.07 Å². The van der Waals surface area contributed by atoms with Crippen molar-refractivity contribution in [2.45, 2.75) is 51.2 Å². The third kappa shape index (κ3) is 4.36. The zero-order valence-corrected chi connectivity index (χ0v) is 16.5. The molecular weight excluding hydrogens is 342 g/mol. The summed E-state index contributed by atoms with van der Waals surface area (Å²) in [6, 6.07) is 6.04. The number of amides is 1. The zero-order valence-electron chi connectivity index (χ0n) is 16.5. The van der Waals surface area contributed by atoms with E-state index >= 15 is 0 Å². The van der Waals surface area contributed by atoms with Gasteiger partial charge in [0.1, 0.15) is 5.60 Å². The Kier molecular flexibility index (Phi) is 5.53. The molecule has 3 heterocycles. The van der Waals surface area contributed by atoms with Crippen LogP contribution in [0, 0.1) is 19.8 Å². The summed E-state index contributed by atoms with van der Waals surface area (Å²) in [6.07, 6.45) is 4.31. The van der Waals surface area contributed by atoms with Gasteiger partial charge in [-0.2, -0.15) is 0 Å². The highest BCUT2D eigenvalue weighted by molar-refractivity contribution is 5.95. The zero-order chi connectivity index (χ0) is 18.9. The van der Waals surface area contributed by atoms with Crippen molar-refractivity contribution in [3.05, 3.63) is 34.9 Å². The van der Waals surface area contributed by atoms with Gasteiger partial charge in [-0.15, -0.1) is 0 Å². The molecule has 0 unspecified atom stereocenters. The molecule has 0 radical (unpaired) electrons. The quantitative estimate of drug-likeness (QED) is 0.814. The van der Waals surface area contributed by atoms with Crippen LogP contribution >= 0.6 is 0 Å². The smallest absolute Gasteiger partial charge is 0.254 e.